The van der Waals surface area contributed by atoms with Crippen LogP contribution >= 0.6 is 0 Å². The average Bonchev–Trinajstić information content (AvgIpc) is 3.50. The van der Waals surface area contributed by atoms with Crippen molar-refractivity contribution in [1.29, 1.82) is 0 Å². The Morgan fingerprint density at radius 2 is 1.81 bits per heavy atom. The summed E-state index contributed by atoms with van der Waals surface area (Å²) in [5.74, 6) is 2.39. The summed E-state index contributed by atoms with van der Waals surface area (Å²) >= 11 is 0. The van der Waals surface area contributed by atoms with Crippen LogP contribution in [0.2, 0.25) is 0 Å². The maximum absolute atomic E-state index is 12.5. The summed E-state index contributed by atoms with van der Waals surface area (Å²) in [5, 5.41) is 6.57. The Balaban J connectivity index is 1.41. The fourth-order valence-corrected chi connectivity index (χ4v) is 3.49. The molecular formula is C21H32N4O. The number of carbonyl (C=O) groups excluding carboxylic acids is 1. The molecular weight excluding hydrogens is 324 g/mol. The van der Waals surface area contributed by atoms with Crippen molar-refractivity contribution in [3.8, 4) is 0 Å². The molecule has 1 aliphatic heterocycles. The van der Waals surface area contributed by atoms with Gasteiger partial charge in [-0.1, -0.05) is 30.3 Å². The average molecular weight is 357 g/mol. The second kappa shape index (κ2) is 9.60. The first-order valence-corrected chi connectivity index (χ1v) is 10.1. The Morgan fingerprint density at radius 1 is 1.08 bits per heavy atom. The van der Waals surface area contributed by atoms with Crippen molar-refractivity contribution in [2.75, 3.05) is 32.7 Å². The van der Waals surface area contributed by atoms with Crippen LogP contribution in [0, 0.1) is 11.8 Å². The second-order valence-corrected chi connectivity index (χ2v) is 7.53. The van der Waals surface area contributed by atoms with Gasteiger partial charge in [-0.25, -0.2) is 4.99 Å². The van der Waals surface area contributed by atoms with Crippen molar-refractivity contribution in [2.24, 2.45) is 16.8 Å². The molecule has 1 aliphatic carbocycles. The van der Waals surface area contributed by atoms with Crippen molar-refractivity contribution < 1.29 is 4.79 Å². The van der Waals surface area contributed by atoms with E-state index in [0.717, 1.165) is 57.3 Å². The summed E-state index contributed by atoms with van der Waals surface area (Å²) in [6.45, 7) is 5.78. The molecule has 0 bridgehead atoms. The molecule has 1 heterocycles. The van der Waals surface area contributed by atoms with E-state index < -0.39 is 0 Å². The predicted molar refractivity (Wildman–Crippen MR) is 106 cm³/mol. The van der Waals surface area contributed by atoms with Gasteiger partial charge in [0.2, 0.25) is 5.91 Å². The predicted octanol–water partition coefficient (Wildman–Crippen LogP) is 2.43. The van der Waals surface area contributed by atoms with Gasteiger partial charge in [-0.3, -0.25) is 4.79 Å². The van der Waals surface area contributed by atoms with E-state index in [1.165, 1.54) is 18.4 Å². The van der Waals surface area contributed by atoms with Crippen molar-refractivity contribution in [3.63, 3.8) is 0 Å². The van der Waals surface area contributed by atoms with Crippen LogP contribution in [0.25, 0.3) is 0 Å². The van der Waals surface area contributed by atoms with Crippen LogP contribution in [-0.4, -0.2) is 49.5 Å². The second-order valence-electron chi connectivity index (χ2n) is 7.53. The van der Waals surface area contributed by atoms with E-state index in [9.17, 15) is 4.79 Å². The van der Waals surface area contributed by atoms with Gasteiger partial charge in [-0.05, 0) is 56.4 Å². The molecule has 1 saturated heterocycles. The molecule has 1 aromatic carbocycles. The molecule has 0 unspecified atom stereocenters. The van der Waals surface area contributed by atoms with E-state index >= 15 is 0 Å². The van der Waals surface area contributed by atoms with Gasteiger partial charge < -0.3 is 15.5 Å². The first kappa shape index (κ1) is 18.7. The van der Waals surface area contributed by atoms with E-state index in [-0.39, 0.29) is 12.5 Å². The molecule has 2 N–H and O–H groups in total. The van der Waals surface area contributed by atoms with Gasteiger partial charge in [-0.15, -0.1) is 0 Å². The fraction of sp³-hybridized carbons (Fsp3) is 0.619. The van der Waals surface area contributed by atoms with E-state index in [2.05, 4.69) is 46.0 Å². The van der Waals surface area contributed by atoms with Gasteiger partial charge in [-0.2, -0.15) is 0 Å². The highest BCUT2D eigenvalue weighted by Gasteiger charge is 2.23. The van der Waals surface area contributed by atoms with Gasteiger partial charge in [0.05, 0.1) is 0 Å². The Labute approximate surface area is 157 Å². The van der Waals surface area contributed by atoms with Crippen LogP contribution in [0.15, 0.2) is 35.3 Å². The molecule has 3 rings (SSSR count). The number of aliphatic imine (C=N–C) groups is 1. The van der Waals surface area contributed by atoms with Crippen LogP contribution in [0.4, 0.5) is 0 Å². The number of guanidine groups is 1. The first-order chi connectivity index (χ1) is 12.7. The van der Waals surface area contributed by atoms with Crippen LogP contribution in [0.3, 0.4) is 0 Å². The third-order valence-electron chi connectivity index (χ3n) is 5.31. The smallest absolute Gasteiger partial charge is 0.244 e. The minimum absolute atomic E-state index is 0.145. The summed E-state index contributed by atoms with van der Waals surface area (Å²) in [4.78, 5) is 18.9. The Kier molecular flexibility index (Phi) is 6.92. The number of nitrogens with zero attached hydrogens (tertiary/aromatic N) is 2. The lowest BCUT2D eigenvalue weighted by Gasteiger charge is -2.32. The molecule has 1 aromatic rings. The number of piperidine rings is 1. The number of carbonyl (C=O) groups is 1. The zero-order chi connectivity index (χ0) is 18.2. The zero-order valence-electron chi connectivity index (χ0n) is 15.9. The topological polar surface area (TPSA) is 56.7 Å². The molecule has 26 heavy (non-hydrogen) atoms. The largest absolute Gasteiger partial charge is 0.357 e. The number of amides is 1. The summed E-state index contributed by atoms with van der Waals surface area (Å²) < 4.78 is 0. The number of hydrogen-bond acceptors (Lipinski definition) is 2. The third kappa shape index (κ3) is 6.04. The van der Waals surface area contributed by atoms with Crippen LogP contribution < -0.4 is 10.6 Å². The fourth-order valence-electron chi connectivity index (χ4n) is 3.49. The van der Waals surface area contributed by atoms with Crippen molar-refractivity contribution in [2.45, 2.75) is 39.0 Å². The van der Waals surface area contributed by atoms with Crippen molar-refractivity contribution in [1.82, 2.24) is 15.5 Å². The lowest BCUT2D eigenvalue weighted by Crippen LogP contribution is -2.42. The number of likely N-dealkylation sites (tertiary alicyclic amines) is 1. The van der Waals surface area contributed by atoms with Crippen LogP contribution in [0.5, 0.6) is 0 Å². The normalized spacial score (nSPS) is 18.7. The minimum atomic E-state index is 0.145. The van der Waals surface area contributed by atoms with Crippen molar-refractivity contribution >= 4 is 11.9 Å². The van der Waals surface area contributed by atoms with Crippen molar-refractivity contribution in [3.05, 3.63) is 35.9 Å². The van der Waals surface area contributed by atoms with E-state index in [4.69, 9.17) is 0 Å². The first-order valence-electron chi connectivity index (χ1n) is 10.1. The Hall–Kier alpha value is -2.04. The highest BCUT2D eigenvalue weighted by Crippen LogP contribution is 2.27. The maximum Gasteiger partial charge on any atom is 0.244 e. The molecule has 0 atom stereocenters. The summed E-state index contributed by atoms with van der Waals surface area (Å²) in [7, 11) is 0. The summed E-state index contributed by atoms with van der Waals surface area (Å²) in [6.07, 6.45) is 5.91. The van der Waals surface area contributed by atoms with Crippen LogP contribution in [0.1, 0.15) is 38.2 Å². The zero-order valence-corrected chi connectivity index (χ0v) is 15.9. The highest BCUT2D eigenvalue weighted by atomic mass is 16.2. The van der Waals surface area contributed by atoms with Gasteiger partial charge in [0, 0.05) is 26.2 Å². The lowest BCUT2D eigenvalue weighted by molar-refractivity contribution is -0.130. The summed E-state index contributed by atoms with van der Waals surface area (Å²) in [5.41, 5.74) is 1.40. The number of nitrogens with one attached hydrogen (secondary N) is 2. The van der Waals surface area contributed by atoms with E-state index in [1.807, 2.05) is 11.8 Å². The number of rotatable bonds is 7. The van der Waals surface area contributed by atoms with Crippen LogP contribution in [-0.2, 0) is 11.2 Å². The summed E-state index contributed by atoms with van der Waals surface area (Å²) in [6, 6.07) is 10.7. The number of benzene rings is 1. The maximum atomic E-state index is 12.5. The Morgan fingerprint density at radius 3 is 2.46 bits per heavy atom. The monoisotopic (exact) mass is 356 g/mol. The number of hydrogen-bond donors (Lipinski definition) is 2. The molecule has 2 fully saturated rings. The minimum Gasteiger partial charge on any atom is -0.357 e. The molecule has 5 nitrogen and oxygen atoms in total. The molecule has 0 radical (unpaired) electrons. The van der Waals surface area contributed by atoms with E-state index in [1.54, 1.807) is 0 Å². The third-order valence-corrected chi connectivity index (χ3v) is 5.31. The van der Waals surface area contributed by atoms with Gasteiger partial charge in [0.15, 0.2) is 5.96 Å². The van der Waals surface area contributed by atoms with Gasteiger partial charge >= 0.3 is 0 Å². The molecule has 0 aromatic heterocycles. The van der Waals surface area contributed by atoms with E-state index in [0.29, 0.717) is 5.92 Å². The van der Waals surface area contributed by atoms with Gasteiger partial charge in [0.1, 0.15) is 6.54 Å². The SMILES string of the molecule is CCNC(=NCC(=O)N1CCC(Cc2ccccc2)CC1)NCC1CC1. The Bertz CT molecular complexity index is 589. The molecule has 1 amide bonds. The molecule has 5 heteroatoms. The lowest BCUT2D eigenvalue weighted by atomic mass is 9.90. The molecule has 2 aliphatic rings. The molecule has 0 spiro atoms. The standard InChI is InChI=1S/C21H32N4O/c1-2-22-21(23-15-19-8-9-19)24-16-20(26)25-12-10-18(11-13-25)14-17-6-4-3-5-7-17/h3-7,18-19H,2,8-16H2,1H3,(H2,22,23,24). The van der Waals surface area contributed by atoms with Gasteiger partial charge in [0.25, 0.3) is 0 Å². The quantitative estimate of drug-likeness (QED) is 0.583. The molecule has 142 valence electrons. The highest BCUT2D eigenvalue weighted by molar-refractivity contribution is 5.85. The molecule has 1 saturated carbocycles.